The van der Waals surface area contributed by atoms with E-state index >= 15 is 0 Å². The van der Waals surface area contributed by atoms with Gasteiger partial charge >= 0.3 is 0 Å². The summed E-state index contributed by atoms with van der Waals surface area (Å²) in [5.74, 6) is 0. The van der Waals surface area contributed by atoms with Gasteiger partial charge in [-0.15, -0.1) is 11.3 Å². The molecular formula is C13H13N3S. The number of nitrogens with one attached hydrogen (secondary N) is 1. The van der Waals surface area contributed by atoms with Gasteiger partial charge in [0.2, 0.25) is 0 Å². The van der Waals surface area contributed by atoms with E-state index in [2.05, 4.69) is 41.3 Å². The number of nitrogen functional groups attached to an aromatic ring is 1. The highest BCUT2D eigenvalue weighted by Gasteiger charge is 2.09. The molecule has 0 unspecified atom stereocenters. The summed E-state index contributed by atoms with van der Waals surface area (Å²) >= 11 is 1.55. The van der Waals surface area contributed by atoms with Crippen molar-refractivity contribution in [3.63, 3.8) is 0 Å². The maximum atomic E-state index is 5.72. The van der Waals surface area contributed by atoms with Crippen molar-refractivity contribution < 1.29 is 0 Å². The van der Waals surface area contributed by atoms with Gasteiger partial charge in [0.15, 0.2) is 5.13 Å². The van der Waals surface area contributed by atoms with Gasteiger partial charge in [0.05, 0.1) is 5.69 Å². The van der Waals surface area contributed by atoms with Gasteiger partial charge in [-0.05, 0) is 18.6 Å². The van der Waals surface area contributed by atoms with Crippen LogP contribution in [0.25, 0.3) is 10.9 Å². The quantitative estimate of drug-likeness (QED) is 0.726. The summed E-state index contributed by atoms with van der Waals surface area (Å²) in [6.07, 6.45) is 2.89. The summed E-state index contributed by atoms with van der Waals surface area (Å²) in [5, 5.41) is 1.91. The topological polar surface area (TPSA) is 54.7 Å². The van der Waals surface area contributed by atoms with E-state index in [1.165, 1.54) is 21.3 Å². The van der Waals surface area contributed by atoms with Crippen LogP contribution in [0.1, 0.15) is 16.1 Å². The molecule has 1 aromatic carbocycles. The van der Waals surface area contributed by atoms with E-state index in [0.29, 0.717) is 5.13 Å². The first kappa shape index (κ1) is 10.4. The van der Waals surface area contributed by atoms with Crippen molar-refractivity contribution in [2.24, 2.45) is 0 Å². The molecule has 0 aliphatic heterocycles. The zero-order valence-electron chi connectivity index (χ0n) is 9.53. The number of hydrogen-bond donors (Lipinski definition) is 2. The maximum absolute atomic E-state index is 5.72. The summed E-state index contributed by atoms with van der Waals surface area (Å²) in [7, 11) is 0. The van der Waals surface area contributed by atoms with E-state index in [9.17, 15) is 0 Å². The Balaban J connectivity index is 2.03. The number of para-hydroxylation sites is 1. The average Bonchev–Trinajstić information content (AvgIpc) is 2.85. The SMILES string of the molecule is Cc1sc(N)nc1Cc1c[nH]c2ccccc12. The number of nitrogens with zero attached hydrogens (tertiary/aromatic N) is 1. The van der Waals surface area contributed by atoms with Gasteiger partial charge in [0.1, 0.15) is 0 Å². The van der Waals surface area contributed by atoms with Crippen LogP contribution in [0.3, 0.4) is 0 Å². The lowest BCUT2D eigenvalue weighted by atomic mass is 10.1. The van der Waals surface area contributed by atoms with Crippen molar-refractivity contribution >= 4 is 27.4 Å². The number of aromatic amines is 1. The van der Waals surface area contributed by atoms with E-state index in [-0.39, 0.29) is 0 Å². The second-order valence-electron chi connectivity index (χ2n) is 4.09. The molecule has 0 radical (unpaired) electrons. The number of aromatic nitrogens is 2. The molecule has 0 amide bonds. The van der Waals surface area contributed by atoms with E-state index in [4.69, 9.17) is 5.73 Å². The first-order chi connectivity index (χ1) is 8.24. The van der Waals surface area contributed by atoms with E-state index in [0.717, 1.165) is 12.1 Å². The lowest BCUT2D eigenvalue weighted by molar-refractivity contribution is 1.10. The molecule has 0 bridgehead atoms. The van der Waals surface area contributed by atoms with Gasteiger partial charge in [-0.3, -0.25) is 0 Å². The van der Waals surface area contributed by atoms with Crippen molar-refractivity contribution in [3.05, 3.63) is 46.6 Å². The van der Waals surface area contributed by atoms with Gasteiger partial charge < -0.3 is 10.7 Å². The Hall–Kier alpha value is -1.81. The number of anilines is 1. The molecule has 0 saturated heterocycles. The van der Waals surface area contributed by atoms with Crippen LogP contribution in [0.15, 0.2) is 30.5 Å². The fourth-order valence-corrected chi connectivity index (χ4v) is 2.78. The summed E-state index contributed by atoms with van der Waals surface area (Å²) in [4.78, 5) is 8.86. The molecule has 3 nitrogen and oxygen atoms in total. The number of benzene rings is 1. The molecule has 2 aromatic heterocycles. The molecule has 86 valence electrons. The lowest BCUT2D eigenvalue weighted by Gasteiger charge is -1.97. The van der Waals surface area contributed by atoms with Crippen LogP contribution >= 0.6 is 11.3 Å². The Morgan fingerprint density at radius 1 is 1.35 bits per heavy atom. The fourth-order valence-electron chi connectivity index (χ4n) is 2.07. The maximum Gasteiger partial charge on any atom is 0.180 e. The highest BCUT2D eigenvalue weighted by molar-refractivity contribution is 7.15. The third kappa shape index (κ3) is 1.80. The van der Waals surface area contributed by atoms with Crippen molar-refractivity contribution in [1.82, 2.24) is 9.97 Å². The third-order valence-corrected chi connectivity index (χ3v) is 3.78. The Labute approximate surface area is 103 Å². The van der Waals surface area contributed by atoms with E-state index in [1.807, 2.05) is 6.07 Å². The zero-order valence-corrected chi connectivity index (χ0v) is 10.3. The van der Waals surface area contributed by atoms with Crippen molar-refractivity contribution in [2.75, 3.05) is 5.73 Å². The molecule has 3 rings (SSSR count). The summed E-state index contributed by atoms with van der Waals surface area (Å²) in [6.45, 7) is 2.07. The van der Waals surface area contributed by atoms with Crippen molar-refractivity contribution in [3.8, 4) is 0 Å². The molecule has 0 aliphatic rings. The van der Waals surface area contributed by atoms with Gasteiger partial charge in [-0.1, -0.05) is 18.2 Å². The zero-order chi connectivity index (χ0) is 11.8. The Bertz CT molecular complexity index is 666. The summed E-state index contributed by atoms with van der Waals surface area (Å²) in [6, 6.07) is 8.31. The van der Waals surface area contributed by atoms with E-state index in [1.54, 1.807) is 11.3 Å². The standard InChI is InChI=1S/C13H13N3S/c1-8-12(16-13(14)17-8)6-9-7-15-11-5-3-2-4-10(9)11/h2-5,7,15H,6H2,1H3,(H2,14,16). The van der Waals surface area contributed by atoms with Crippen LogP contribution in [-0.2, 0) is 6.42 Å². The third-order valence-electron chi connectivity index (χ3n) is 2.94. The van der Waals surface area contributed by atoms with Gasteiger partial charge in [0.25, 0.3) is 0 Å². The normalized spacial score (nSPS) is 11.1. The number of fused-ring (bicyclic) bond motifs is 1. The number of aryl methyl sites for hydroxylation is 1. The predicted octanol–water partition coefficient (Wildman–Crippen LogP) is 3.11. The smallest absolute Gasteiger partial charge is 0.180 e. The lowest BCUT2D eigenvalue weighted by Crippen LogP contribution is -1.90. The second kappa shape index (κ2) is 3.89. The Morgan fingerprint density at radius 2 is 2.18 bits per heavy atom. The number of hydrogen-bond acceptors (Lipinski definition) is 3. The molecule has 4 heteroatoms. The van der Waals surface area contributed by atoms with Crippen LogP contribution in [-0.4, -0.2) is 9.97 Å². The largest absolute Gasteiger partial charge is 0.375 e. The minimum Gasteiger partial charge on any atom is -0.375 e. The molecule has 0 saturated carbocycles. The highest BCUT2D eigenvalue weighted by Crippen LogP contribution is 2.25. The number of H-pyrrole nitrogens is 1. The molecular weight excluding hydrogens is 230 g/mol. The van der Waals surface area contributed by atoms with Crippen LogP contribution in [0, 0.1) is 6.92 Å². The number of rotatable bonds is 2. The number of nitrogens with two attached hydrogens (primary N) is 1. The molecule has 0 fully saturated rings. The molecule has 3 N–H and O–H groups in total. The highest BCUT2D eigenvalue weighted by atomic mass is 32.1. The summed E-state index contributed by atoms with van der Waals surface area (Å²) in [5.41, 5.74) is 9.24. The average molecular weight is 243 g/mol. The predicted molar refractivity (Wildman–Crippen MR) is 72.4 cm³/mol. The molecule has 0 atom stereocenters. The van der Waals surface area contributed by atoms with Crippen LogP contribution < -0.4 is 5.73 Å². The first-order valence-electron chi connectivity index (χ1n) is 5.51. The van der Waals surface area contributed by atoms with Crippen molar-refractivity contribution in [2.45, 2.75) is 13.3 Å². The van der Waals surface area contributed by atoms with Crippen molar-refractivity contribution in [1.29, 1.82) is 0 Å². The Kier molecular flexibility index (Phi) is 2.37. The molecule has 0 spiro atoms. The molecule has 0 aliphatic carbocycles. The van der Waals surface area contributed by atoms with Gasteiger partial charge in [-0.25, -0.2) is 4.98 Å². The monoisotopic (exact) mass is 243 g/mol. The first-order valence-corrected chi connectivity index (χ1v) is 6.32. The fraction of sp³-hybridized carbons (Fsp3) is 0.154. The Morgan fingerprint density at radius 3 is 2.94 bits per heavy atom. The van der Waals surface area contributed by atoms with Gasteiger partial charge in [0, 0.05) is 28.4 Å². The summed E-state index contributed by atoms with van der Waals surface area (Å²) < 4.78 is 0. The molecule has 3 aromatic rings. The van der Waals surface area contributed by atoms with Crippen LogP contribution in [0.2, 0.25) is 0 Å². The van der Waals surface area contributed by atoms with Crippen LogP contribution in [0.4, 0.5) is 5.13 Å². The van der Waals surface area contributed by atoms with Gasteiger partial charge in [-0.2, -0.15) is 0 Å². The van der Waals surface area contributed by atoms with E-state index < -0.39 is 0 Å². The second-order valence-corrected chi connectivity index (χ2v) is 5.33. The minimum absolute atomic E-state index is 0.650. The molecule has 2 heterocycles. The minimum atomic E-state index is 0.650. The molecule has 17 heavy (non-hydrogen) atoms. The number of thiazole rings is 1. The van der Waals surface area contributed by atoms with Crippen LogP contribution in [0.5, 0.6) is 0 Å².